The summed E-state index contributed by atoms with van der Waals surface area (Å²) in [6, 6.07) is 2.16. The van der Waals surface area contributed by atoms with Gasteiger partial charge in [0.25, 0.3) is 0 Å². The van der Waals surface area contributed by atoms with Gasteiger partial charge in [-0.1, -0.05) is 0 Å². The predicted octanol–water partition coefficient (Wildman–Crippen LogP) is 2.03. The fraction of sp³-hybridized carbons (Fsp3) is 0.643. The maximum absolute atomic E-state index is 12.3. The Bertz CT molecular complexity index is 599. The van der Waals surface area contributed by atoms with Crippen LogP contribution >= 0.6 is 11.3 Å². The summed E-state index contributed by atoms with van der Waals surface area (Å²) in [7, 11) is 0. The van der Waals surface area contributed by atoms with E-state index in [9.17, 15) is 14.9 Å². The van der Waals surface area contributed by atoms with Crippen molar-refractivity contribution < 1.29 is 9.72 Å². The van der Waals surface area contributed by atoms with Gasteiger partial charge in [0.1, 0.15) is 0 Å². The fourth-order valence-corrected chi connectivity index (χ4v) is 5.91. The van der Waals surface area contributed by atoms with Crippen LogP contribution in [0.25, 0.3) is 0 Å². The van der Waals surface area contributed by atoms with Gasteiger partial charge in [-0.15, -0.1) is 11.3 Å². The number of carbonyl (C=O) groups is 1. The second-order valence-corrected chi connectivity index (χ2v) is 7.04. The number of fused-ring (bicyclic) bond motifs is 1. The Morgan fingerprint density at radius 3 is 3.20 bits per heavy atom. The minimum Gasteiger partial charge on any atom is -0.331 e. The van der Waals surface area contributed by atoms with Crippen LogP contribution in [0.5, 0.6) is 0 Å². The van der Waals surface area contributed by atoms with Gasteiger partial charge in [-0.2, -0.15) is 0 Å². The van der Waals surface area contributed by atoms with Crippen molar-refractivity contribution in [2.24, 2.45) is 11.8 Å². The van der Waals surface area contributed by atoms with E-state index in [2.05, 4.69) is 11.4 Å². The molecule has 1 aliphatic carbocycles. The van der Waals surface area contributed by atoms with Crippen LogP contribution < -0.4 is 0 Å². The van der Waals surface area contributed by atoms with E-state index in [1.165, 1.54) is 10.4 Å². The molecule has 3 aliphatic rings. The SMILES string of the molecule is O=C1C[C@H]2[C@H](C[N+](=O)[O-])CCC23c2sccc2CCN13. The molecule has 106 valence electrons. The molecule has 0 radical (unpaired) electrons. The van der Waals surface area contributed by atoms with Gasteiger partial charge in [0.15, 0.2) is 0 Å². The highest BCUT2D eigenvalue weighted by Crippen LogP contribution is 2.59. The lowest BCUT2D eigenvalue weighted by molar-refractivity contribution is -0.489. The molecule has 2 fully saturated rings. The summed E-state index contributed by atoms with van der Waals surface area (Å²) in [5.74, 6) is 0.382. The van der Waals surface area contributed by atoms with Crippen LogP contribution in [0.4, 0.5) is 0 Å². The van der Waals surface area contributed by atoms with Crippen molar-refractivity contribution in [2.75, 3.05) is 13.1 Å². The van der Waals surface area contributed by atoms with Gasteiger partial charge in [-0.05, 0) is 36.3 Å². The zero-order valence-electron chi connectivity index (χ0n) is 11.1. The smallest absolute Gasteiger partial charge is 0.223 e. The molecule has 1 aromatic rings. The first-order valence-corrected chi connectivity index (χ1v) is 8.00. The van der Waals surface area contributed by atoms with Crippen LogP contribution in [0.15, 0.2) is 11.4 Å². The first-order chi connectivity index (χ1) is 9.63. The largest absolute Gasteiger partial charge is 0.331 e. The third-order valence-electron chi connectivity index (χ3n) is 5.38. The van der Waals surface area contributed by atoms with Crippen LogP contribution in [0.1, 0.15) is 29.7 Å². The molecular formula is C14H16N2O3S. The number of nitrogens with zero attached hydrogens (tertiary/aromatic N) is 2. The van der Waals surface area contributed by atoms with Crippen molar-refractivity contribution in [2.45, 2.75) is 31.2 Å². The highest BCUT2D eigenvalue weighted by atomic mass is 32.1. The molecule has 1 unspecified atom stereocenters. The summed E-state index contributed by atoms with van der Waals surface area (Å²) in [6.45, 7) is 0.790. The van der Waals surface area contributed by atoms with Crippen LogP contribution in [-0.4, -0.2) is 28.8 Å². The number of nitro groups is 1. The number of hydrogen-bond donors (Lipinski definition) is 0. The number of carbonyl (C=O) groups excluding carboxylic acids is 1. The molecule has 5 nitrogen and oxygen atoms in total. The number of hydrogen-bond acceptors (Lipinski definition) is 4. The molecule has 1 spiro atoms. The molecule has 0 N–H and O–H groups in total. The normalized spacial score (nSPS) is 34.8. The van der Waals surface area contributed by atoms with Crippen molar-refractivity contribution in [3.05, 3.63) is 32.0 Å². The lowest BCUT2D eigenvalue weighted by Crippen LogP contribution is -2.48. The molecular weight excluding hydrogens is 276 g/mol. The van der Waals surface area contributed by atoms with Crippen LogP contribution in [0.3, 0.4) is 0 Å². The summed E-state index contributed by atoms with van der Waals surface area (Å²) in [5.41, 5.74) is 1.15. The van der Waals surface area contributed by atoms with E-state index in [0.29, 0.717) is 6.42 Å². The average molecular weight is 292 g/mol. The van der Waals surface area contributed by atoms with E-state index in [1.54, 1.807) is 11.3 Å². The molecule has 1 saturated carbocycles. The highest BCUT2D eigenvalue weighted by Gasteiger charge is 2.62. The van der Waals surface area contributed by atoms with Gasteiger partial charge < -0.3 is 4.90 Å². The first-order valence-electron chi connectivity index (χ1n) is 7.12. The molecule has 0 bridgehead atoms. The van der Waals surface area contributed by atoms with Crippen molar-refractivity contribution >= 4 is 17.2 Å². The Kier molecular flexibility index (Phi) is 2.49. The van der Waals surface area contributed by atoms with Crippen LogP contribution in [0, 0.1) is 22.0 Å². The lowest BCUT2D eigenvalue weighted by atomic mass is 9.79. The number of rotatable bonds is 2. The number of amides is 1. The molecule has 4 rings (SSSR count). The summed E-state index contributed by atoms with van der Waals surface area (Å²) >= 11 is 1.73. The second kappa shape index (κ2) is 4.04. The maximum atomic E-state index is 12.3. The summed E-state index contributed by atoms with van der Waals surface area (Å²) in [5, 5.41) is 13.0. The first kappa shape index (κ1) is 12.3. The van der Waals surface area contributed by atoms with E-state index in [0.717, 1.165) is 25.8 Å². The van der Waals surface area contributed by atoms with Gasteiger partial charge in [0.05, 0.1) is 5.54 Å². The van der Waals surface area contributed by atoms with E-state index >= 15 is 0 Å². The van der Waals surface area contributed by atoms with E-state index < -0.39 is 0 Å². The number of thiophene rings is 1. The van der Waals surface area contributed by atoms with Crippen molar-refractivity contribution in [1.29, 1.82) is 0 Å². The summed E-state index contributed by atoms with van der Waals surface area (Å²) in [6.07, 6.45) is 3.19. The minimum atomic E-state index is -0.213. The monoisotopic (exact) mass is 292 g/mol. The van der Waals surface area contributed by atoms with Gasteiger partial charge >= 0.3 is 0 Å². The third-order valence-corrected chi connectivity index (χ3v) is 6.51. The molecule has 3 atom stereocenters. The molecule has 1 aromatic heterocycles. The third kappa shape index (κ3) is 1.40. The Balaban J connectivity index is 1.80. The minimum absolute atomic E-state index is 0.00818. The summed E-state index contributed by atoms with van der Waals surface area (Å²) in [4.78, 5) is 26.4. The van der Waals surface area contributed by atoms with Gasteiger partial charge in [-0.3, -0.25) is 14.9 Å². The van der Waals surface area contributed by atoms with Crippen LogP contribution in [-0.2, 0) is 16.8 Å². The lowest BCUT2D eigenvalue weighted by Gasteiger charge is -2.42. The van der Waals surface area contributed by atoms with Crippen molar-refractivity contribution in [3.63, 3.8) is 0 Å². The van der Waals surface area contributed by atoms with E-state index in [1.807, 2.05) is 4.90 Å². The molecule has 1 amide bonds. The average Bonchev–Trinajstić information content (AvgIpc) is 3.04. The summed E-state index contributed by atoms with van der Waals surface area (Å²) < 4.78 is 0. The Hall–Kier alpha value is -1.43. The molecule has 20 heavy (non-hydrogen) atoms. The van der Waals surface area contributed by atoms with E-state index in [4.69, 9.17) is 0 Å². The van der Waals surface area contributed by atoms with Gasteiger partial charge in [-0.25, -0.2) is 0 Å². The Morgan fingerprint density at radius 2 is 2.40 bits per heavy atom. The Morgan fingerprint density at radius 1 is 1.55 bits per heavy atom. The van der Waals surface area contributed by atoms with Crippen molar-refractivity contribution in [3.8, 4) is 0 Å². The van der Waals surface area contributed by atoms with Gasteiger partial charge in [0.2, 0.25) is 12.5 Å². The quantitative estimate of drug-likeness (QED) is 0.619. The molecule has 2 aliphatic heterocycles. The zero-order valence-corrected chi connectivity index (χ0v) is 11.9. The standard InChI is InChI=1S/C14H16N2O3S/c17-12-7-11-10(8-16(18)19)1-4-14(11)13-9(3-6-20-13)2-5-15(12)14/h3,6,10-11H,1-2,4-5,7-8H2/t10-,11-,14?/m0/s1. The maximum Gasteiger partial charge on any atom is 0.223 e. The molecule has 1 saturated heterocycles. The molecule has 6 heteroatoms. The highest BCUT2D eigenvalue weighted by molar-refractivity contribution is 7.10. The second-order valence-electron chi connectivity index (χ2n) is 6.12. The fourth-order valence-electron chi connectivity index (χ4n) is 4.66. The van der Waals surface area contributed by atoms with Crippen LogP contribution in [0.2, 0.25) is 0 Å². The molecule has 0 aromatic carbocycles. The predicted molar refractivity (Wildman–Crippen MR) is 74.1 cm³/mol. The van der Waals surface area contributed by atoms with Crippen molar-refractivity contribution in [1.82, 2.24) is 4.90 Å². The Labute approximate surface area is 120 Å². The van der Waals surface area contributed by atoms with Gasteiger partial charge in [0, 0.05) is 34.6 Å². The topological polar surface area (TPSA) is 63.4 Å². The van der Waals surface area contributed by atoms with E-state index in [-0.39, 0.29) is 34.7 Å². The molecule has 3 heterocycles. The zero-order chi connectivity index (χ0) is 13.9.